The van der Waals surface area contributed by atoms with Crippen molar-refractivity contribution in [2.24, 2.45) is 0 Å². The quantitative estimate of drug-likeness (QED) is 0.768. The maximum Gasteiger partial charge on any atom is 0.339 e. The molecule has 2 N–H and O–H groups in total. The molecule has 0 heterocycles. The number of aliphatic hydroxyl groups is 1. The van der Waals surface area contributed by atoms with Crippen LogP contribution >= 0.6 is 0 Å². The van der Waals surface area contributed by atoms with Gasteiger partial charge in [-0.2, -0.15) is 0 Å². The lowest BCUT2D eigenvalue weighted by Gasteiger charge is -2.23. The first-order valence-corrected chi connectivity index (χ1v) is 5.69. The van der Waals surface area contributed by atoms with Gasteiger partial charge >= 0.3 is 5.97 Å². The SMILES string of the molecule is COC(=O)C(C)(O)CNc1ccccc1N(C)C. The number of rotatable bonds is 5. The number of hydrogen-bond donors (Lipinski definition) is 2. The van der Waals surface area contributed by atoms with Gasteiger partial charge in [0.1, 0.15) is 0 Å². The summed E-state index contributed by atoms with van der Waals surface area (Å²) in [5.74, 6) is -0.655. The summed E-state index contributed by atoms with van der Waals surface area (Å²) >= 11 is 0. The third-order valence-corrected chi connectivity index (χ3v) is 2.63. The van der Waals surface area contributed by atoms with Crippen LogP contribution in [0.25, 0.3) is 0 Å². The molecule has 0 radical (unpaired) electrons. The third kappa shape index (κ3) is 3.37. The van der Waals surface area contributed by atoms with E-state index in [-0.39, 0.29) is 6.54 Å². The summed E-state index contributed by atoms with van der Waals surface area (Å²) in [5.41, 5.74) is 0.290. The zero-order valence-corrected chi connectivity index (χ0v) is 11.2. The lowest BCUT2D eigenvalue weighted by molar-refractivity contribution is -0.158. The molecule has 0 fully saturated rings. The Morgan fingerprint density at radius 3 is 2.61 bits per heavy atom. The van der Waals surface area contributed by atoms with E-state index in [4.69, 9.17) is 0 Å². The summed E-state index contributed by atoms with van der Waals surface area (Å²) in [4.78, 5) is 13.3. The molecule has 0 aliphatic carbocycles. The highest BCUT2D eigenvalue weighted by atomic mass is 16.5. The third-order valence-electron chi connectivity index (χ3n) is 2.63. The number of carbonyl (C=O) groups excluding carboxylic acids is 1. The van der Waals surface area contributed by atoms with Crippen molar-refractivity contribution in [3.05, 3.63) is 24.3 Å². The Hall–Kier alpha value is -1.75. The summed E-state index contributed by atoms with van der Waals surface area (Å²) in [6.07, 6.45) is 0. The minimum Gasteiger partial charge on any atom is -0.467 e. The Morgan fingerprint density at radius 2 is 2.06 bits per heavy atom. The maximum atomic E-state index is 11.4. The van der Waals surface area contributed by atoms with Crippen LogP contribution in [-0.2, 0) is 9.53 Å². The number of methoxy groups -OCH3 is 1. The van der Waals surface area contributed by atoms with Crippen LogP contribution in [0.4, 0.5) is 11.4 Å². The molecule has 100 valence electrons. The summed E-state index contributed by atoms with van der Waals surface area (Å²) in [6, 6.07) is 7.67. The number of esters is 1. The predicted octanol–water partition coefficient (Wildman–Crippen LogP) is 1.09. The van der Waals surface area contributed by atoms with Gasteiger partial charge in [-0.25, -0.2) is 4.79 Å². The van der Waals surface area contributed by atoms with Crippen LogP contribution in [0.2, 0.25) is 0 Å². The topological polar surface area (TPSA) is 61.8 Å². The fourth-order valence-electron chi connectivity index (χ4n) is 1.57. The molecule has 0 aromatic heterocycles. The van der Waals surface area contributed by atoms with Crippen LogP contribution in [0.5, 0.6) is 0 Å². The Kier molecular flexibility index (Phi) is 4.55. The number of benzene rings is 1. The van der Waals surface area contributed by atoms with Gasteiger partial charge in [-0.3, -0.25) is 0 Å². The molecule has 1 aromatic rings. The fourth-order valence-corrected chi connectivity index (χ4v) is 1.57. The second kappa shape index (κ2) is 5.73. The average molecular weight is 252 g/mol. The second-order valence-electron chi connectivity index (χ2n) is 4.53. The van der Waals surface area contributed by atoms with Gasteiger partial charge in [0.05, 0.1) is 25.0 Å². The maximum absolute atomic E-state index is 11.4. The minimum absolute atomic E-state index is 0.0878. The number of ether oxygens (including phenoxy) is 1. The van der Waals surface area contributed by atoms with Crippen molar-refractivity contribution in [2.75, 3.05) is 38.0 Å². The normalized spacial score (nSPS) is 13.6. The van der Waals surface area contributed by atoms with Crippen molar-refractivity contribution < 1.29 is 14.6 Å². The average Bonchev–Trinajstić information content (AvgIpc) is 2.35. The number of hydrogen-bond acceptors (Lipinski definition) is 5. The molecule has 5 nitrogen and oxygen atoms in total. The summed E-state index contributed by atoms with van der Waals surface area (Å²) in [5, 5.41) is 13.0. The molecule has 0 spiro atoms. The Balaban J connectivity index is 2.78. The van der Waals surface area contributed by atoms with Crippen LogP contribution in [0, 0.1) is 0 Å². The molecule has 5 heteroatoms. The summed E-state index contributed by atoms with van der Waals surface area (Å²) < 4.78 is 4.54. The van der Waals surface area contributed by atoms with Crippen molar-refractivity contribution in [1.82, 2.24) is 0 Å². The van der Waals surface area contributed by atoms with Gasteiger partial charge in [0.2, 0.25) is 0 Å². The molecule has 0 saturated carbocycles. The van der Waals surface area contributed by atoms with Crippen LogP contribution in [-0.4, -0.2) is 44.4 Å². The zero-order valence-electron chi connectivity index (χ0n) is 11.2. The smallest absolute Gasteiger partial charge is 0.339 e. The van der Waals surface area contributed by atoms with Gasteiger partial charge in [0.15, 0.2) is 5.60 Å². The van der Waals surface area contributed by atoms with E-state index in [1.54, 1.807) is 0 Å². The molecule has 1 rings (SSSR count). The van der Waals surface area contributed by atoms with Crippen molar-refractivity contribution >= 4 is 17.3 Å². The standard InChI is InChI=1S/C13H20N2O3/c1-13(17,12(16)18-4)9-14-10-7-5-6-8-11(10)15(2)3/h5-8,14,17H,9H2,1-4H3. The first-order valence-electron chi connectivity index (χ1n) is 5.69. The van der Waals surface area contributed by atoms with Crippen molar-refractivity contribution in [3.8, 4) is 0 Å². The molecular weight excluding hydrogens is 232 g/mol. The zero-order chi connectivity index (χ0) is 13.8. The molecule has 1 unspecified atom stereocenters. The highest BCUT2D eigenvalue weighted by Crippen LogP contribution is 2.24. The first kappa shape index (κ1) is 14.3. The van der Waals surface area contributed by atoms with Crippen molar-refractivity contribution in [3.63, 3.8) is 0 Å². The fraction of sp³-hybridized carbons (Fsp3) is 0.462. The molecule has 0 aliphatic rings. The van der Waals surface area contributed by atoms with Gasteiger partial charge in [0, 0.05) is 14.1 Å². The molecule has 0 saturated heterocycles. The molecule has 0 bridgehead atoms. The van der Waals surface area contributed by atoms with E-state index in [0.29, 0.717) is 0 Å². The van der Waals surface area contributed by atoms with E-state index in [2.05, 4.69) is 10.1 Å². The summed E-state index contributed by atoms with van der Waals surface area (Å²) in [6.45, 7) is 1.51. The highest BCUT2D eigenvalue weighted by Gasteiger charge is 2.31. The van der Waals surface area contributed by atoms with Gasteiger partial charge in [-0.1, -0.05) is 12.1 Å². The van der Waals surface area contributed by atoms with Crippen molar-refractivity contribution in [2.45, 2.75) is 12.5 Å². The lowest BCUT2D eigenvalue weighted by atomic mass is 10.1. The second-order valence-corrected chi connectivity index (χ2v) is 4.53. The summed E-state index contributed by atoms with van der Waals surface area (Å²) in [7, 11) is 5.11. The van der Waals surface area contributed by atoms with E-state index >= 15 is 0 Å². The monoisotopic (exact) mass is 252 g/mol. The lowest BCUT2D eigenvalue weighted by Crippen LogP contribution is -2.43. The van der Waals surface area contributed by atoms with Crippen LogP contribution in [0.1, 0.15) is 6.92 Å². The van der Waals surface area contributed by atoms with Gasteiger partial charge < -0.3 is 20.1 Å². The van der Waals surface area contributed by atoms with Crippen LogP contribution in [0.15, 0.2) is 24.3 Å². The van der Waals surface area contributed by atoms with Gasteiger partial charge in [-0.05, 0) is 19.1 Å². The Labute approximate surface area is 107 Å². The van der Waals surface area contributed by atoms with Crippen LogP contribution < -0.4 is 10.2 Å². The van der Waals surface area contributed by atoms with Gasteiger partial charge in [-0.15, -0.1) is 0 Å². The van der Waals surface area contributed by atoms with E-state index in [9.17, 15) is 9.90 Å². The number of para-hydroxylation sites is 2. The molecule has 1 atom stereocenters. The number of nitrogens with zero attached hydrogens (tertiary/aromatic N) is 1. The predicted molar refractivity (Wildman–Crippen MR) is 71.9 cm³/mol. The number of carbonyl (C=O) groups is 1. The molecular formula is C13H20N2O3. The largest absolute Gasteiger partial charge is 0.467 e. The Bertz CT molecular complexity index is 416. The van der Waals surface area contributed by atoms with E-state index < -0.39 is 11.6 Å². The van der Waals surface area contributed by atoms with E-state index in [1.807, 2.05) is 43.3 Å². The molecule has 18 heavy (non-hydrogen) atoms. The number of nitrogens with one attached hydrogen (secondary N) is 1. The van der Waals surface area contributed by atoms with E-state index in [1.165, 1.54) is 14.0 Å². The van der Waals surface area contributed by atoms with E-state index in [0.717, 1.165) is 11.4 Å². The molecule has 0 amide bonds. The molecule has 1 aromatic carbocycles. The minimum atomic E-state index is -1.55. The molecule has 0 aliphatic heterocycles. The van der Waals surface area contributed by atoms with Crippen LogP contribution in [0.3, 0.4) is 0 Å². The highest BCUT2D eigenvalue weighted by molar-refractivity contribution is 5.80. The van der Waals surface area contributed by atoms with Gasteiger partial charge in [0.25, 0.3) is 0 Å². The Morgan fingerprint density at radius 1 is 1.44 bits per heavy atom. The van der Waals surface area contributed by atoms with Crippen molar-refractivity contribution in [1.29, 1.82) is 0 Å². The first-order chi connectivity index (χ1) is 8.38. The number of anilines is 2.